The lowest BCUT2D eigenvalue weighted by atomic mass is 9.86. The van der Waals surface area contributed by atoms with Crippen molar-refractivity contribution in [2.45, 2.75) is 65.7 Å². The lowest BCUT2D eigenvalue weighted by Crippen LogP contribution is -2.16. The maximum Gasteiger partial charge on any atom is 0.0461 e. The molecule has 14 heavy (non-hydrogen) atoms. The lowest BCUT2D eigenvalue weighted by Gasteiger charge is -2.21. The van der Waals surface area contributed by atoms with E-state index in [2.05, 4.69) is 20.8 Å². The molecule has 0 heterocycles. The van der Waals surface area contributed by atoms with Crippen molar-refractivity contribution in [1.29, 1.82) is 0 Å². The largest absolute Gasteiger partial charge is 0.396 e. The van der Waals surface area contributed by atoms with E-state index in [-0.39, 0.29) is 0 Å². The molecule has 0 amide bonds. The Bertz CT molecular complexity index is 112. The first-order chi connectivity index (χ1) is 6.76. The highest BCUT2D eigenvalue weighted by molar-refractivity contribution is 4.65. The van der Waals surface area contributed by atoms with Gasteiger partial charge in [0, 0.05) is 6.61 Å². The van der Waals surface area contributed by atoms with Crippen molar-refractivity contribution in [1.82, 2.24) is 0 Å². The fourth-order valence-electron chi connectivity index (χ4n) is 1.97. The zero-order valence-corrected chi connectivity index (χ0v) is 10.3. The van der Waals surface area contributed by atoms with Gasteiger partial charge in [-0.05, 0) is 18.3 Å². The number of aliphatic hydroxyl groups excluding tert-OH is 1. The highest BCUT2D eigenvalue weighted by Gasteiger charge is 2.15. The van der Waals surface area contributed by atoms with Gasteiger partial charge in [-0.25, -0.2) is 0 Å². The van der Waals surface area contributed by atoms with Crippen LogP contribution in [0.5, 0.6) is 0 Å². The van der Waals surface area contributed by atoms with Crippen molar-refractivity contribution >= 4 is 0 Å². The molecule has 2 unspecified atom stereocenters. The van der Waals surface area contributed by atoms with Gasteiger partial charge in [-0.3, -0.25) is 0 Å². The second kappa shape index (κ2) is 9.51. The molecular formula is C13H28O. The predicted molar refractivity (Wildman–Crippen MR) is 63.4 cm³/mol. The van der Waals surface area contributed by atoms with Crippen LogP contribution in [0.15, 0.2) is 0 Å². The summed E-state index contributed by atoms with van der Waals surface area (Å²) in [5.41, 5.74) is 0. The summed E-state index contributed by atoms with van der Waals surface area (Å²) in [6.07, 6.45) is 8.97. The first-order valence-electron chi connectivity index (χ1n) is 6.37. The minimum Gasteiger partial charge on any atom is -0.396 e. The molecule has 1 N–H and O–H groups in total. The molecule has 0 saturated carbocycles. The third-order valence-corrected chi connectivity index (χ3v) is 3.23. The second-order valence-corrected chi connectivity index (χ2v) is 4.56. The van der Waals surface area contributed by atoms with Crippen LogP contribution in [-0.2, 0) is 0 Å². The van der Waals surface area contributed by atoms with Gasteiger partial charge in [0.1, 0.15) is 0 Å². The Morgan fingerprint density at radius 3 is 2.07 bits per heavy atom. The second-order valence-electron chi connectivity index (χ2n) is 4.56. The summed E-state index contributed by atoms with van der Waals surface area (Å²) in [6, 6.07) is 0. The first-order valence-corrected chi connectivity index (χ1v) is 6.37. The van der Waals surface area contributed by atoms with Crippen LogP contribution in [0.4, 0.5) is 0 Å². The molecule has 0 aliphatic heterocycles. The smallest absolute Gasteiger partial charge is 0.0461 e. The molecule has 0 aliphatic carbocycles. The van der Waals surface area contributed by atoms with Crippen molar-refractivity contribution in [2.24, 2.45) is 11.8 Å². The molecule has 86 valence electrons. The normalized spacial score (nSPS) is 15.4. The van der Waals surface area contributed by atoms with Crippen LogP contribution < -0.4 is 0 Å². The lowest BCUT2D eigenvalue weighted by molar-refractivity contribution is 0.164. The average Bonchev–Trinajstić information content (AvgIpc) is 2.21. The Labute approximate surface area is 89.9 Å². The fraction of sp³-hybridized carbons (Fsp3) is 1.00. The maximum atomic E-state index is 9.30. The summed E-state index contributed by atoms with van der Waals surface area (Å²) in [7, 11) is 0. The van der Waals surface area contributed by atoms with E-state index >= 15 is 0 Å². The molecule has 0 aliphatic rings. The van der Waals surface area contributed by atoms with Gasteiger partial charge in [-0.15, -0.1) is 0 Å². The van der Waals surface area contributed by atoms with Gasteiger partial charge in [0.15, 0.2) is 0 Å². The predicted octanol–water partition coefficient (Wildman–Crippen LogP) is 4.00. The zero-order chi connectivity index (χ0) is 10.8. The van der Waals surface area contributed by atoms with Gasteiger partial charge in [0.2, 0.25) is 0 Å². The highest BCUT2D eigenvalue weighted by atomic mass is 16.3. The third kappa shape index (κ3) is 6.42. The molecule has 0 rings (SSSR count). The third-order valence-electron chi connectivity index (χ3n) is 3.23. The van der Waals surface area contributed by atoms with Crippen LogP contribution in [-0.4, -0.2) is 11.7 Å². The number of hydrogen-bond acceptors (Lipinski definition) is 1. The number of rotatable bonds is 9. The molecule has 0 bridgehead atoms. The topological polar surface area (TPSA) is 20.2 Å². The molecule has 2 atom stereocenters. The number of aliphatic hydroxyl groups is 1. The SMILES string of the molecule is CCCCCC(CO)C(C)CCCC. The molecule has 1 nitrogen and oxygen atoms in total. The molecule has 0 radical (unpaired) electrons. The van der Waals surface area contributed by atoms with Gasteiger partial charge in [0.05, 0.1) is 0 Å². The Morgan fingerprint density at radius 2 is 1.57 bits per heavy atom. The van der Waals surface area contributed by atoms with E-state index in [1.54, 1.807) is 0 Å². The van der Waals surface area contributed by atoms with E-state index in [1.165, 1.54) is 44.9 Å². The van der Waals surface area contributed by atoms with E-state index in [1.807, 2.05) is 0 Å². The van der Waals surface area contributed by atoms with E-state index in [9.17, 15) is 5.11 Å². The van der Waals surface area contributed by atoms with Crippen molar-refractivity contribution < 1.29 is 5.11 Å². The van der Waals surface area contributed by atoms with E-state index in [0.717, 1.165) is 0 Å². The Hall–Kier alpha value is -0.0400. The van der Waals surface area contributed by atoms with Crippen molar-refractivity contribution in [3.8, 4) is 0 Å². The Kier molecular flexibility index (Phi) is 9.49. The molecule has 0 aromatic carbocycles. The fourth-order valence-corrected chi connectivity index (χ4v) is 1.97. The van der Waals surface area contributed by atoms with Crippen LogP contribution in [0.3, 0.4) is 0 Å². The molecule has 1 heteroatoms. The molecule has 0 fully saturated rings. The van der Waals surface area contributed by atoms with E-state index in [0.29, 0.717) is 18.4 Å². The van der Waals surface area contributed by atoms with E-state index in [4.69, 9.17) is 0 Å². The summed E-state index contributed by atoms with van der Waals surface area (Å²) in [4.78, 5) is 0. The summed E-state index contributed by atoms with van der Waals surface area (Å²) in [5.74, 6) is 1.25. The molecule has 0 aromatic heterocycles. The standard InChI is InChI=1S/C13H28O/c1-4-6-8-10-13(11-14)12(3)9-7-5-2/h12-14H,4-11H2,1-3H3. The van der Waals surface area contributed by atoms with Crippen LogP contribution in [0.25, 0.3) is 0 Å². The monoisotopic (exact) mass is 200 g/mol. The molecule has 0 spiro atoms. The van der Waals surface area contributed by atoms with Crippen LogP contribution in [0.1, 0.15) is 65.7 Å². The Morgan fingerprint density at radius 1 is 0.929 bits per heavy atom. The van der Waals surface area contributed by atoms with Crippen molar-refractivity contribution in [3.63, 3.8) is 0 Å². The summed E-state index contributed by atoms with van der Waals surface area (Å²) in [5, 5.41) is 9.30. The summed E-state index contributed by atoms with van der Waals surface area (Å²) >= 11 is 0. The highest BCUT2D eigenvalue weighted by Crippen LogP contribution is 2.23. The minimum absolute atomic E-state index is 0.384. The van der Waals surface area contributed by atoms with Crippen molar-refractivity contribution in [2.75, 3.05) is 6.61 Å². The van der Waals surface area contributed by atoms with Crippen LogP contribution in [0.2, 0.25) is 0 Å². The van der Waals surface area contributed by atoms with Crippen LogP contribution in [0, 0.1) is 11.8 Å². The van der Waals surface area contributed by atoms with Gasteiger partial charge in [-0.2, -0.15) is 0 Å². The van der Waals surface area contributed by atoms with Gasteiger partial charge in [-0.1, -0.05) is 59.3 Å². The van der Waals surface area contributed by atoms with Gasteiger partial charge >= 0.3 is 0 Å². The van der Waals surface area contributed by atoms with Crippen LogP contribution >= 0.6 is 0 Å². The zero-order valence-electron chi connectivity index (χ0n) is 10.3. The van der Waals surface area contributed by atoms with Gasteiger partial charge in [0.25, 0.3) is 0 Å². The quantitative estimate of drug-likeness (QED) is 0.558. The molecule has 0 aromatic rings. The van der Waals surface area contributed by atoms with E-state index < -0.39 is 0 Å². The first kappa shape index (κ1) is 14.0. The minimum atomic E-state index is 0.384. The number of hydrogen-bond donors (Lipinski definition) is 1. The average molecular weight is 200 g/mol. The molecule has 0 saturated heterocycles. The summed E-state index contributed by atoms with van der Waals surface area (Å²) < 4.78 is 0. The maximum absolute atomic E-state index is 9.30. The number of unbranched alkanes of at least 4 members (excludes halogenated alkanes) is 3. The molecular weight excluding hydrogens is 172 g/mol. The van der Waals surface area contributed by atoms with Crippen molar-refractivity contribution in [3.05, 3.63) is 0 Å². The Balaban J connectivity index is 3.62. The summed E-state index contributed by atoms with van der Waals surface area (Å²) in [6.45, 7) is 7.14. The van der Waals surface area contributed by atoms with Gasteiger partial charge < -0.3 is 5.11 Å².